The minimum Gasteiger partial charge on any atom is -0.314 e. The van der Waals surface area contributed by atoms with Crippen LogP contribution in [-0.4, -0.2) is 31.1 Å². The quantitative estimate of drug-likeness (QED) is 0.867. The monoisotopic (exact) mass is 372 g/mol. The molecule has 1 N–H and O–H groups in total. The van der Waals surface area contributed by atoms with Gasteiger partial charge in [-0.3, -0.25) is 4.90 Å². The van der Waals surface area contributed by atoms with E-state index >= 15 is 0 Å². The van der Waals surface area contributed by atoms with Gasteiger partial charge in [-0.15, -0.1) is 24.8 Å². The lowest BCUT2D eigenvalue weighted by Crippen LogP contribution is -2.45. The number of piperazine rings is 1. The van der Waals surface area contributed by atoms with Crippen LogP contribution in [0.1, 0.15) is 24.9 Å². The smallest absolute Gasteiger partial charge is 0.123 e. The fourth-order valence-electron chi connectivity index (χ4n) is 2.44. The Morgan fingerprint density at radius 2 is 1.95 bits per heavy atom. The molecule has 1 heterocycles. The highest BCUT2D eigenvalue weighted by Crippen LogP contribution is 2.31. The van der Waals surface area contributed by atoms with Gasteiger partial charge in [0.05, 0.1) is 0 Å². The third-order valence-corrected chi connectivity index (χ3v) is 4.02. The molecule has 0 aliphatic carbocycles. The van der Waals surface area contributed by atoms with Crippen LogP contribution in [0.25, 0.3) is 0 Å². The zero-order chi connectivity index (χ0) is 12.3. The number of nitrogens with one attached hydrogen (secondary N) is 1. The molecule has 1 aromatic rings. The van der Waals surface area contributed by atoms with Gasteiger partial charge in [0, 0.05) is 36.7 Å². The largest absolute Gasteiger partial charge is 0.314 e. The topological polar surface area (TPSA) is 15.3 Å². The second-order valence-electron chi connectivity index (χ2n) is 4.38. The molecule has 1 aliphatic heterocycles. The van der Waals surface area contributed by atoms with Gasteiger partial charge in [0.15, 0.2) is 0 Å². The SMILES string of the molecule is CC[C@H](c1cc(F)ccc1Br)N1CCNCC1.Cl.Cl. The summed E-state index contributed by atoms with van der Waals surface area (Å²) >= 11 is 3.53. The van der Waals surface area contributed by atoms with E-state index in [0.717, 1.165) is 42.6 Å². The number of halogens is 4. The summed E-state index contributed by atoms with van der Waals surface area (Å²) in [5.74, 6) is -0.156. The van der Waals surface area contributed by atoms with Gasteiger partial charge in [-0.2, -0.15) is 0 Å². The molecule has 2 nitrogen and oxygen atoms in total. The maximum atomic E-state index is 13.4. The normalized spacial score (nSPS) is 17.2. The lowest BCUT2D eigenvalue weighted by atomic mass is 10.0. The summed E-state index contributed by atoms with van der Waals surface area (Å²) in [6.45, 7) is 6.25. The minimum absolute atomic E-state index is 0. The molecule has 0 spiro atoms. The van der Waals surface area contributed by atoms with Crippen LogP contribution in [-0.2, 0) is 0 Å². The summed E-state index contributed by atoms with van der Waals surface area (Å²) in [5, 5.41) is 3.34. The van der Waals surface area contributed by atoms with Crippen molar-refractivity contribution in [2.75, 3.05) is 26.2 Å². The van der Waals surface area contributed by atoms with Gasteiger partial charge in [0.25, 0.3) is 0 Å². The van der Waals surface area contributed by atoms with E-state index in [1.165, 1.54) is 6.07 Å². The van der Waals surface area contributed by atoms with Crippen molar-refractivity contribution in [3.8, 4) is 0 Å². The molecule has 0 bridgehead atoms. The number of benzene rings is 1. The first-order valence-electron chi connectivity index (χ1n) is 6.12. The van der Waals surface area contributed by atoms with Crippen LogP contribution in [0.3, 0.4) is 0 Å². The van der Waals surface area contributed by atoms with E-state index in [0.29, 0.717) is 6.04 Å². The molecule has 1 fully saturated rings. The van der Waals surface area contributed by atoms with E-state index in [9.17, 15) is 4.39 Å². The Kier molecular flexibility index (Phi) is 9.20. The Morgan fingerprint density at radius 1 is 1.32 bits per heavy atom. The second kappa shape index (κ2) is 9.14. The van der Waals surface area contributed by atoms with Gasteiger partial charge in [-0.1, -0.05) is 22.9 Å². The number of rotatable bonds is 3. The Balaban J connectivity index is 0.00000162. The molecule has 1 saturated heterocycles. The lowest BCUT2D eigenvalue weighted by molar-refractivity contribution is 0.168. The third kappa shape index (κ3) is 4.87. The van der Waals surface area contributed by atoms with E-state index in [-0.39, 0.29) is 30.6 Å². The molecular formula is C13H20BrCl2FN2. The van der Waals surface area contributed by atoms with Crippen LogP contribution in [0.2, 0.25) is 0 Å². The Morgan fingerprint density at radius 3 is 2.53 bits per heavy atom. The first-order valence-corrected chi connectivity index (χ1v) is 6.91. The van der Waals surface area contributed by atoms with E-state index in [2.05, 4.69) is 33.1 Å². The van der Waals surface area contributed by atoms with E-state index < -0.39 is 0 Å². The summed E-state index contributed by atoms with van der Waals surface area (Å²) in [6.07, 6.45) is 1.00. The third-order valence-electron chi connectivity index (χ3n) is 3.30. The second-order valence-corrected chi connectivity index (χ2v) is 5.23. The molecule has 1 atom stereocenters. The average molecular weight is 374 g/mol. The average Bonchev–Trinajstić information content (AvgIpc) is 2.36. The molecule has 1 aliphatic rings. The molecule has 1 aromatic carbocycles. The maximum absolute atomic E-state index is 13.4. The van der Waals surface area contributed by atoms with E-state index in [1.54, 1.807) is 12.1 Å². The van der Waals surface area contributed by atoms with Crippen LogP contribution in [0, 0.1) is 5.82 Å². The molecule has 110 valence electrons. The van der Waals surface area contributed by atoms with Crippen LogP contribution in [0.15, 0.2) is 22.7 Å². The zero-order valence-corrected chi connectivity index (χ0v) is 14.1. The molecule has 0 aromatic heterocycles. The molecule has 0 saturated carbocycles. The van der Waals surface area contributed by atoms with Gasteiger partial charge in [-0.25, -0.2) is 4.39 Å². The van der Waals surface area contributed by atoms with Gasteiger partial charge < -0.3 is 5.32 Å². The van der Waals surface area contributed by atoms with Crippen LogP contribution in [0.4, 0.5) is 4.39 Å². The first-order chi connectivity index (χ1) is 8.22. The van der Waals surface area contributed by atoms with Crippen molar-refractivity contribution in [2.45, 2.75) is 19.4 Å². The summed E-state index contributed by atoms with van der Waals surface area (Å²) in [6, 6.07) is 5.26. The molecule has 6 heteroatoms. The highest BCUT2D eigenvalue weighted by atomic mass is 79.9. The number of nitrogens with zero attached hydrogens (tertiary/aromatic N) is 1. The minimum atomic E-state index is -0.156. The van der Waals surface area contributed by atoms with Crippen molar-refractivity contribution in [2.24, 2.45) is 0 Å². The van der Waals surface area contributed by atoms with Crippen molar-refractivity contribution in [1.82, 2.24) is 10.2 Å². The van der Waals surface area contributed by atoms with E-state index in [1.807, 2.05) is 0 Å². The summed E-state index contributed by atoms with van der Waals surface area (Å²) < 4.78 is 14.4. The van der Waals surface area contributed by atoms with Gasteiger partial charge in [-0.05, 0) is 30.2 Å². The molecule has 0 amide bonds. The number of hydrogen-bond donors (Lipinski definition) is 1. The first kappa shape index (κ1) is 19.1. The lowest BCUT2D eigenvalue weighted by Gasteiger charge is -2.35. The predicted molar refractivity (Wildman–Crippen MR) is 86.1 cm³/mol. The molecule has 2 rings (SSSR count). The Labute approximate surface area is 135 Å². The molecule has 19 heavy (non-hydrogen) atoms. The highest BCUT2D eigenvalue weighted by molar-refractivity contribution is 9.10. The summed E-state index contributed by atoms with van der Waals surface area (Å²) in [7, 11) is 0. The Bertz CT molecular complexity index is 387. The molecule has 0 unspecified atom stereocenters. The standard InChI is InChI=1S/C13H18BrFN2.2ClH/c1-2-13(17-7-5-16-6-8-17)11-9-10(15)3-4-12(11)14;;/h3-4,9,13,16H,2,5-8H2,1H3;2*1H/t13-;;/m1../s1. The van der Waals surface area contributed by atoms with Crippen molar-refractivity contribution in [1.29, 1.82) is 0 Å². The predicted octanol–water partition coefficient (Wildman–Crippen LogP) is 3.79. The van der Waals surface area contributed by atoms with Crippen molar-refractivity contribution < 1.29 is 4.39 Å². The van der Waals surface area contributed by atoms with Crippen LogP contribution < -0.4 is 5.32 Å². The highest BCUT2D eigenvalue weighted by Gasteiger charge is 2.22. The fraction of sp³-hybridized carbons (Fsp3) is 0.538. The van der Waals surface area contributed by atoms with Gasteiger partial charge in [0.2, 0.25) is 0 Å². The summed E-state index contributed by atoms with van der Waals surface area (Å²) in [4.78, 5) is 2.43. The molecule has 0 radical (unpaired) electrons. The van der Waals surface area contributed by atoms with Gasteiger partial charge in [0.1, 0.15) is 5.82 Å². The zero-order valence-electron chi connectivity index (χ0n) is 10.9. The van der Waals surface area contributed by atoms with Crippen molar-refractivity contribution >= 4 is 40.7 Å². The molecular weight excluding hydrogens is 354 g/mol. The number of hydrogen-bond acceptors (Lipinski definition) is 2. The van der Waals surface area contributed by atoms with Crippen molar-refractivity contribution in [3.63, 3.8) is 0 Å². The van der Waals surface area contributed by atoms with Crippen LogP contribution in [0.5, 0.6) is 0 Å². The van der Waals surface area contributed by atoms with E-state index in [4.69, 9.17) is 0 Å². The van der Waals surface area contributed by atoms with Crippen molar-refractivity contribution in [3.05, 3.63) is 34.1 Å². The maximum Gasteiger partial charge on any atom is 0.123 e. The van der Waals surface area contributed by atoms with Gasteiger partial charge >= 0.3 is 0 Å². The van der Waals surface area contributed by atoms with Crippen LogP contribution >= 0.6 is 40.7 Å². The Hall–Kier alpha value is 0.130. The summed E-state index contributed by atoms with van der Waals surface area (Å²) in [5.41, 5.74) is 1.06. The fourth-order valence-corrected chi connectivity index (χ4v) is 2.95.